The Morgan fingerprint density at radius 1 is 1.00 bits per heavy atom. The van der Waals surface area contributed by atoms with Crippen molar-refractivity contribution in [3.63, 3.8) is 0 Å². The molecule has 7 heteroatoms. The van der Waals surface area contributed by atoms with Gasteiger partial charge in [0.2, 0.25) is 0 Å². The molecule has 6 nitrogen and oxygen atoms in total. The predicted molar refractivity (Wildman–Crippen MR) is 127 cm³/mol. The molecule has 2 N–H and O–H groups in total. The Hall–Kier alpha value is -1.22. The van der Waals surface area contributed by atoms with E-state index in [2.05, 4.69) is 35.5 Å². The van der Waals surface area contributed by atoms with Gasteiger partial charge in [0.15, 0.2) is 17.5 Å². The van der Waals surface area contributed by atoms with Crippen molar-refractivity contribution >= 4 is 29.9 Å². The Morgan fingerprint density at radius 2 is 1.71 bits per heavy atom. The van der Waals surface area contributed by atoms with Crippen molar-refractivity contribution < 1.29 is 14.2 Å². The first-order chi connectivity index (χ1) is 13.2. The van der Waals surface area contributed by atoms with Crippen molar-refractivity contribution in [3.8, 4) is 11.5 Å². The molecule has 0 bridgehead atoms. The fourth-order valence-corrected chi connectivity index (χ4v) is 2.60. The number of hydrogen-bond donors (Lipinski definition) is 2. The molecular weight excluding hydrogens is 469 g/mol. The summed E-state index contributed by atoms with van der Waals surface area (Å²) in [5.74, 6) is 2.39. The molecule has 0 saturated carbocycles. The van der Waals surface area contributed by atoms with Crippen molar-refractivity contribution in [2.45, 2.75) is 53.5 Å². The van der Waals surface area contributed by atoms with Gasteiger partial charge in [-0.2, -0.15) is 0 Å². The number of nitrogens with one attached hydrogen (secondary N) is 2. The van der Waals surface area contributed by atoms with Crippen LogP contribution in [0, 0.1) is 0 Å². The van der Waals surface area contributed by atoms with Gasteiger partial charge < -0.3 is 24.8 Å². The maximum absolute atomic E-state index is 5.73. The summed E-state index contributed by atoms with van der Waals surface area (Å²) < 4.78 is 16.7. The molecule has 1 aromatic carbocycles. The molecular formula is C21H38IN3O3. The quantitative estimate of drug-likeness (QED) is 0.178. The van der Waals surface area contributed by atoms with Crippen LogP contribution >= 0.6 is 24.0 Å². The third kappa shape index (κ3) is 10.4. The van der Waals surface area contributed by atoms with Crippen LogP contribution in [0.15, 0.2) is 23.2 Å². The van der Waals surface area contributed by atoms with Crippen LogP contribution in [0.3, 0.4) is 0 Å². The first kappa shape index (κ1) is 26.8. The Balaban J connectivity index is 0.00000729. The van der Waals surface area contributed by atoms with E-state index in [1.165, 1.54) is 0 Å². The Morgan fingerprint density at radius 3 is 2.36 bits per heavy atom. The van der Waals surface area contributed by atoms with Crippen LogP contribution in [-0.2, 0) is 4.74 Å². The summed E-state index contributed by atoms with van der Waals surface area (Å²) in [7, 11) is 0. The van der Waals surface area contributed by atoms with E-state index in [4.69, 9.17) is 14.2 Å². The van der Waals surface area contributed by atoms with Gasteiger partial charge in [-0.25, -0.2) is 0 Å². The molecule has 162 valence electrons. The first-order valence-corrected chi connectivity index (χ1v) is 10.2. The van der Waals surface area contributed by atoms with E-state index in [1.54, 1.807) is 0 Å². The van der Waals surface area contributed by atoms with E-state index in [9.17, 15) is 0 Å². The van der Waals surface area contributed by atoms with Crippen molar-refractivity contribution in [3.05, 3.63) is 23.8 Å². The smallest absolute Gasteiger partial charge is 0.191 e. The Labute approximate surface area is 187 Å². The van der Waals surface area contributed by atoms with Crippen molar-refractivity contribution in [1.82, 2.24) is 10.6 Å². The average molecular weight is 507 g/mol. The van der Waals surface area contributed by atoms with Gasteiger partial charge in [0, 0.05) is 26.3 Å². The molecule has 0 aliphatic heterocycles. The summed E-state index contributed by atoms with van der Waals surface area (Å²) in [5, 5.41) is 6.78. The van der Waals surface area contributed by atoms with Crippen molar-refractivity contribution in [2.24, 2.45) is 4.99 Å². The summed E-state index contributed by atoms with van der Waals surface area (Å²) in [6, 6.07) is 6.18. The maximum Gasteiger partial charge on any atom is 0.191 e. The molecule has 0 aliphatic carbocycles. The van der Waals surface area contributed by atoms with Gasteiger partial charge >= 0.3 is 0 Å². The number of hydrogen-bond acceptors (Lipinski definition) is 4. The third-order valence-corrected chi connectivity index (χ3v) is 3.94. The largest absolute Gasteiger partial charge is 0.490 e. The van der Waals surface area contributed by atoms with E-state index in [1.807, 2.05) is 32.9 Å². The summed E-state index contributed by atoms with van der Waals surface area (Å²) in [6.07, 6.45) is 2.05. The van der Waals surface area contributed by atoms with Gasteiger partial charge in [-0.1, -0.05) is 6.07 Å². The molecule has 1 unspecified atom stereocenters. The number of rotatable bonds is 13. The molecule has 0 aliphatic rings. The number of nitrogens with zero attached hydrogens (tertiary/aromatic N) is 1. The van der Waals surface area contributed by atoms with Crippen LogP contribution in [-0.4, -0.2) is 45.5 Å². The molecule has 0 heterocycles. The monoisotopic (exact) mass is 507 g/mol. The normalized spacial score (nSPS) is 12.1. The molecule has 0 radical (unpaired) electrons. The molecule has 0 fully saturated rings. The van der Waals surface area contributed by atoms with Gasteiger partial charge in [0.05, 0.1) is 19.3 Å². The molecule has 0 saturated heterocycles. The second-order valence-corrected chi connectivity index (χ2v) is 6.10. The molecule has 1 atom stereocenters. The van der Waals surface area contributed by atoms with Crippen molar-refractivity contribution in [1.29, 1.82) is 0 Å². The van der Waals surface area contributed by atoms with Crippen LogP contribution in [0.1, 0.15) is 59.1 Å². The van der Waals surface area contributed by atoms with Crippen LogP contribution in [0.5, 0.6) is 11.5 Å². The van der Waals surface area contributed by atoms with E-state index >= 15 is 0 Å². The standard InChI is InChI=1S/C21H37N3O3.HI/c1-6-22-21(23-14-10-11-15-25-7-2)24-17(5)18-12-13-19(26-8-3)20(16-18)27-9-4;/h12-13,16-17H,6-11,14-15H2,1-5H3,(H2,22,23,24);1H. The fraction of sp³-hybridized carbons (Fsp3) is 0.667. The zero-order chi connectivity index (χ0) is 19.9. The minimum absolute atomic E-state index is 0. The van der Waals surface area contributed by atoms with E-state index in [-0.39, 0.29) is 30.0 Å². The number of ether oxygens (including phenoxy) is 3. The van der Waals surface area contributed by atoms with Crippen LogP contribution < -0.4 is 20.1 Å². The molecule has 0 spiro atoms. The molecule has 0 amide bonds. The fourth-order valence-electron chi connectivity index (χ4n) is 2.60. The van der Waals surface area contributed by atoms with Crippen LogP contribution in [0.4, 0.5) is 0 Å². The van der Waals surface area contributed by atoms with Gasteiger partial charge in [-0.15, -0.1) is 24.0 Å². The van der Waals surface area contributed by atoms with Gasteiger partial charge in [-0.05, 0) is 65.2 Å². The average Bonchev–Trinajstić information content (AvgIpc) is 2.66. The number of guanidine groups is 1. The minimum Gasteiger partial charge on any atom is -0.490 e. The highest BCUT2D eigenvalue weighted by molar-refractivity contribution is 14.0. The van der Waals surface area contributed by atoms with E-state index < -0.39 is 0 Å². The zero-order valence-corrected chi connectivity index (χ0v) is 20.4. The van der Waals surface area contributed by atoms with E-state index in [0.717, 1.165) is 62.2 Å². The summed E-state index contributed by atoms with van der Waals surface area (Å²) in [5.41, 5.74) is 1.13. The Bertz CT molecular complexity index is 556. The molecule has 28 heavy (non-hydrogen) atoms. The SMILES string of the molecule is CCNC(=NCCCCOCC)NC(C)c1ccc(OCC)c(OCC)c1.I. The molecule has 0 aromatic heterocycles. The van der Waals surface area contributed by atoms with Crippen molar-refractivity contribution in [2.75, 3.05) is 39.5 Å². The van der Waals surface area contributed by atoms with Crippen LogP contribution in [0.2, 0.25) is 0 Å². The second kappa shape index (κ2) is 16.7. The highest BCUT2D eigenvalue weighted by Gasteiger charge is 2.12. The van der Waals surface area contributed by atoms with Gasteiger partial charge in [0.1, 0.15) is 0 Å². The van der Waals surface area contributed by atoms with E-state index in [0.29, 0.717) is 13.2 Å². The molecule has 1 rings (SSSR count). The first-order valence-electron chi connectivity index (χ1n) is 10.2. The van der Waals surface area contributed by atoms with Crippen LogP contribution in [0.25, 0.3) is 0 Å². The molecule has 1 aromatic rings. The summed E-state index contributed by atoms with van der Waals surface area (Å²) in [4.78, 5) is 4.67. The number of halogens is 1. The van der Waals surface area contributed by atoms with Gasteiger partial charge in [0.25, 0.3) is 0 Å². The summed E-state index contributed by atoms with van der Waals surface area (Å²) >= 11 is 0. The number of unbranched alkanes of at least 4 members (excludes halogenated alkanes) is 1. The predicted octanol–water partition coefficient (Wildman–Crippen LogP) is 4.53. The minimum atomic E-state index is 0. The third-order valence-electron chi connectivity index (χ3n) is 3.94. The lowest BCUT2D eigenvalue weighted by Crippen LogP contribution is -2.38. The maximum atomic E-state index is 5.73. The lowest BCUT2D eigenvalue weighted by Gasteiger charge is -2.20. The summed E-state index contributed by atoms with van der Waals surface area (Å²) in [6.45, 7) is 14.6. The zero-order valence-electron chi connectivity index (χ0n) is 18.0. The second-order valence-electron chi connectivity index (χ2n) is 6.10. The Kier molecular flexibility index (Phi) is 16.0. The number of aliphatic imine (C=N–C) groups is 1. The van der Waals surface area contributed by atoms with Gasteiger partial charge in [-0.3, -0.25) is 4.99 Å². The lowest BCUT2D eigenvalue weighted by atomic mass is 10.1. The highest BCUT2D eigenvalue weighted by atomic mass is 127. The topological polar surface area (TPSA) is 64.1 Å². The number of benzene rings is 1. The lowest BCUT2D eigenvalue weighted by molar-refractivity contribution is 0.144. The highest BCUT2D eigenvalue weighted by Crippen LogP contribution is 2.30.